The van der Waals surface area contributed by atoms with E-state index in [1.165, 1.54) is 35.3 Å². The molecule has 0 aliphatic heterocycles. The van der Waals surface area contributed by atoms with Crippen molar-refractivity contribution in [2.24, 2.45) is 4.99 Å². The lowest BCUT2D eigenvalue weighted by Crippen LogP contribution is -2.17. The van der Waals surface area contributed by atoms with Gasteiger partial charge in [0.1, 0.15) is 23.7 Å². The molecule has 0 aliphatic carbocycles. The predicted molar refractivity (Wildman–Crippen MR) is 123 cm³/mol. The molecular weight excluding hydrogens is 490 g/mol. The third-order valence-electron chi connectivity index (χ3n) is 4.39. The topological polar surface area (TPSA) is 98.5 Å². The molecule has 0 saturated heterocycles. The van der Waals surface area contributed by atoms with E-state index in [4.69, 9.17) is 0 Å². The Bertz CT molecular complexity index is 1240. The van der Waals surface area contributed by atoms with Gasteiger partial charge in [0.2, 0.25) is 0 Å². The fourth-order valence-electron chi connectivity index (χ4n) is 2.68. The number of Topliss-reactive ketones (excluding diaryl/α,β-unsaturated/α-hetero) is 1. The lowest BCUT2D eigenvalue weighted by molar-refractivity contribution is -0.274. The van der Waals surface area contributed by atoms with Gasteiger partial charge in [0.25, 0.3) is 0 Å². The van der Waals surface area contributed by atoms with Gasteiger partial charge in [-0.15, -0.1) is 30.0 Å². The largest absolute Gasteiger partial charge is 0.573 e. The first-order valence-corrected chi connectivity index (χ1v) is 11.1. The lowest BCUT2D eigenvalue weighted by Gasteiger charge is -2.09. The van der Waals surface area contributed by atoms with Gasteiger partial charge in [-0.2, -0.15) is 4.99 Å². The highest BCUT2D eigenvalue weighted by molar-refractivity contribution is 8.14. The number of rotatable bonds is 7. The molecular formula is C22H19F4N5O3S. The van der Waals surface area contributed by atoms with Crippen LogP contribution in [0.15, 0.2) is 53.8 Å². The third kappa shape index (κ3) is 7.64. The first-order valence-electron chi connectivity index (χ1n) is 10.1. The maximum atomic E-state index is 14.6. The van der Waals surface area contributed by atoms with E-state index < -0.39 is 18.2 Å². The summed E-state index contributed by atoms with van der Waals surface area (Å²) in [5.74, 6) is -0.748. The number of hydrogen-bond donors (Lipinski definition) is 1. The number of urea groups is 1. The molecule has 0 spiro atoms. The minimum Gasteiger partial charge on any atom is -0.406 e. The van der Waals surface area contributed by atoms with Gasteiger partial charge >= 0.3 is 12.4 Å². The van der Waals surface area contributed by atoms with Gasteiger partial charge in [-0.05, 0) is 49.4 Å². The molecule has 8 nitrogen and oxygen atoms in total. The van der Waals surface area contributed by atoms with Crippen molar-refractivity contribution in [1.29, 1.82) is 0 Å². The summed E-state index contributed by atoms with van der Waals surface area (Å²) in [6, 6.07) is 8.13. The second-order valence-corrected chi connectivity index (χ2v) is 8.16. The van der Waals surface area contributed by atoms with Gasteiger partial charge in [0.05, 0.1) is 22.2 Å². The Labute approximate surface area is 201 Å². The number of aromatic nitrogens is 3. The third-order valence-corrected chi connectivity index (χ3v) is 5.37. The number of thioether (sulfide) groups is 1. The highest BCUT2D eigenvalue weighted by Gasteiger charge is 2.31. The summed E-state index contributed by atoms with van der Waals surface area (Å²) >= 11 is 1.13. The van der Waals surface area contributed by atoms with Gasteiger partial charge in [-0.25, -0.2) is 18.9 Å². The molecule has 35 heavy (non-hydrogen) atoms. The van der Waals surface area contributed by atoms with E-state index in [0.717, 1.165) is 30.0 Å². The highest BCUT2D eigenvalue weighted by Crippen LogP contribution is 2.25. The number of anilines is 1. The summed E-state index contributed by atoms with van der Waals surface area (Å²) in [4.78, 5) is 31.3. The van der Waals surface area contributed by atoms with Crippen molar-refractivity contribution < 1.29 is 31.9 Å². The number of aliphatic imine (C=N–C) groups is 1. The second-order valence-electron chi connectivity index (χ2n) is 6.99. The Kier molecular flexibility index (Phi) is 8.22. The average Bonchev–Trinajstić information content (AvgIpc) is 3.28. The molecule has 1 N–H and O–H groups in total. The molecule has 1 heterocycles. The summed E-state index contributed by atoms with van der Waals surface area (Å²) in [7, 11) is 0. The molecule has 0 atom stereocenters. The van der Waals surface area contributed by atoms with Crippen molar-refractivity contribution in [1.82, 2.24) is 14.8 Å². The molecule has 184 valence electrons. The van der Waals surface area contributed by atoms with Crippen molar-refractivity contribution in [3.8, 4) is 22.8 Å². The van der Waals surface area contributed by atoms with Gasteiger partial charge in [-0.3, -0.25) is 4.79 Å². The standard InChI is InChI=1S/C22H19F4N5O3S/c1-3-16(32)11-35-13(2)28-21(33)29-19-9-4-14(10-18(19)23)20-27-12-31(30-20)15-5-7-17(8-6-15)34-22(24,25)26/h4-10,12H,3,11H2,1-2H3,(H,29,33)/b28-13-. The predicted octanol–water partition coefficient (Wildman–Crippen LogP) is 5.63. The maximum Gasteiger partial charge on any atom is 0.573 e. The van der Waals surface area contributed by atoms with E-state index in [9.17, 15) is 27.2 Å². The number of amides is 2. The summed E-state index contributed by atoms with van der Waals surface area (Å²) in [6.07, 6.45) is -3.09. The minimum atomic E-state index is -4.79. The first-order chi connectivity index (χ1) is 16.5. The number of ether oxygens (including phenoxy) is 1. The van der Waals surface area contributed by atoms with Crippen LogP contribution in [0, 0.1) is 5.82 Å². The van der Waals surface area contributed by atoms with Crippen LogP contribution in [0.1, 0.15) is 20.3 Å². The van der Waals surface area contributed by atoms with Crippen LogP contribution in [0.2, 0.25) is 0 Å². The summed E-state index contributed by atoms with van der Waals surface area (Å²) in [6.45, 7) is 3.31. The molecule has 13 heteroatoms. The van der Waals surface area contributed by atoms with E-state index in [2.05, 4.69) is 25.1 Å². The zero-order valence-corrected chi connectivity index (χ0v) is 19.3. The number of nitrogens with one attached hydrogen (secondary N) is 1. The summed E-state index contributed by atoms with van der Waals surface area (Å²) in [5, 5.41) is 6.91. The Morgan fingerprint density at radius 3 is 2.51 bits per heavy atom. The molecule has 0 saturated carbocycles. The summed E-state index contributed by atoms with van der Waals surface area (Å²) < 4.78 is 56.6. The van der Waals surface area contributed by atoms with Crippen LogP contribution in [0.25, 0.3) is 17.1 Å². The van der Waals surface area contributed by atoms with E-state index >= 15 is 0 Å². The SMILES string of the molecule is CCC(=O)CS/C(C)=N\C(=O)Nc1ccc(-c2ncn(-c3ccc(OC(F)(F)F)cc3)n2)cc1F. The number of hydrogen-bond acceptors (Lipinski definition) is 6. The van der Waals surface area contributed by atoms with Crippen LogP contribution in [0.4, 0.5) is 28.0 Å². The molecule has 3 aromatic rings. The monoisotopic (exact) mass is 509 g/mol. The van der Waals surface area contributed by atoms with Crippen LogP contribution in [0.3, 0.4) is 0 Å². The van der Waals surface area contributed by atoms with E-state index in [0.29, 0.717) is 22.7 Å². The van der Waals surface area contributed by atoms with Gasteiger partial charge in [0.15, 0.2) is 5.82 Å². The van der Waals surface area contributed by atoms with Crippen molar-refractivity contribution in [3.05, 3.63) is 54.6 Å². The number of carbonyl (C=O) groups excluding carboxylic acids is 2. The number of ketones is 1. The number of alkyl halides is 3. The van der Waals surface area contributed by atoms with Crippen molar-refractivity contribution in [2.75, 3.05) is 11.1 Å². The number of carbonyl (C=O) groups is 2. The Hall–Kier alpha value is -3.74. The molecule has 1 aromatic heterocycles. The quantitative estimate of drug-likeness (QED) is 0.252. The van der Waals surface area contributed by atoms with Crippen LogP contribution in [-0.4, -0.2) is 43.7 Å². The molecule has 0 bridgehead atoms. The molecule has 2 aromatic carbocycles. The van der Waals surface area contributed by atoms with Crippen LogP contribution in [-0.2, 0) is 4.79 Å². The fourth-order valence-corrected chi connectivity index (χ4v) is 3.40. The fraction of sp³-hybridized carbons (Fsp3) is 0.227. The number of benzene rings is 2. The minimum absolute atomic E-state index is 0.0233. The van der Waals surface area contributed by atoms with Crippen molar-refractivity contribution in [3.63, 3.8) is 0 Å². The van der Waals surface area contributed by atoms with E-state index in [-0.39, 0.29) is 28.8 Å². The normalized spacial score (nSPS) is 11.9. The zero-order valence-electron chi connectivity index (χ0n) is 18.5. The molecule has 0 fully saturated rings. The maximum absolute atomic E-state index is 14.6. The van der Waals surface area contributed by atoms with Gasteiger partial charge < -0.3 is 10.1 Å². The number of halogens is 4. The summed E-state index contributed by atoms with van der Waals surface area (Å²) in [5.41, 5.74) is 0.614. The van der Waals surface area contributed by atoms with Crippen molar-refractivity contribution >= 4 is 34.3 Å². The average molecular weight is 509 g/mol. The molecule has 2 amide bonds. The highest BCUT2D eigenvalue weighted by atomic mass is 32.2. The Morgan fingerprint density at radius 1 is 1.17 bits per heavy atom. The zero-order chi connectivity index (χ0) is 25.6. The van der Waals surface area contributed by atoms with Gasteiger partial charge in [0, 0.05) is 12.0 Å². The lowest BCUT2D eigenvalue weighted by atomic mass is 10.2. The Balaban J connectivity index is 1.67. The van der Waals surface area contributed by atoms with Crippen LogP contribution < -0.4 is 10.1 Å². The van der Waals surface area contributed by atoms with E-state index in [1.54, 1.807) is 13.8 Å². The van der Waals surface area contributed by atoms with Crippen molar-refractivity contribution in [2.45, 2.75) is 26.6 Å². The van der Waals surface area contributed by atoms with Crippen LogP contribution in [0.5, 0.6) is 5.75 Å². The Morgan fingerprint density at radius 2 is 1.89 bits per heavy atom. The van der Waals surface area contributed by atoms with Gasteiger partial charge in [-0.1, -0.05) is 6.92 Å². The molecule has 3 rings (SSSR count). The molecule has 0 radical (unpaired) electrons. The molecule has 0 aliphatic rings. The van der Waals surface area contributed by atoms with E-state index in [1.807, 2.05) is 0 Å². The smallest absolute Gasteiger partial charge is 0.406 e. The molecule has 0 unspecified atom stereocenters. The second kappa shape index (κ2) is 11.1. The number of nitrogens with zero attached hydrogens (tertiary/aromatic N) is 4. The first kappa shape index (κ1) is 25.9. The van der Waals surface area contributed by atoms with Crippen LogP contribution >= 0.6 is 11.8 Å².